The second-order valence-electron chi connectivity index (χ2n) is 4.86. The average Bonchev–Trinajstić information content (AvgIpc) is 2.10. The summed E-state index contributed by atoms with van der Waals surface area (Å²) in [5.74, 6) is 0. The fourth-order valence-corrected chi connectivity index (χ4v) is 2.86. The zero-order valence-corrected chi connectivity index (χ0v) is 11.2. The number of nitrogens with one attached hydrogen (secondary N) is 1. The topological polar surface area (TPSA) is 29.1 Å². The monoisotopic (exact) mass is 219 g/mol. The third kappa shape index (κ3) is 4.56. The molecule has 3 atom stereocenters. The number of hydrogen-bond acceptors (Lipinski definition) is 2. The van der Waals surface area contributed by atoms with Crippen LogP contribution < -0.4 is 5.32 Å². The first kappa shape index (κ1) is 14.1. The van der Waals surface area contributed by atoms with E-state index in [1.807, 2.05) is 20.8 Å². The van der Waals surface area contributed by atoms with Gasteiger partial charge in [-0.2, -0.15) is 0 Å². The van der Waals surface area contributed by atoms with E-state index < -0.39 is 10.8 Å². The molecule has 3 unspecified atom stereocenters. The Morgan fingerprint density at radius 2 is 1.79 bits per heavy atom. The summed E-state index contributed by atoms with van der Waals surface area (Å²) in [7, 11) is -0.778. The van der Waals surface area contributed by atoms with Crippen LogP contribution in [0.1, 0.15) is 48.0 Å². The Kier molecular flexibility index (Phi) is 5.91. The molecule has 0 rings (SSSR count). The van der Waals surface area contributed by atoms with E-state index >= 15 is 0 Å². The Labute approximate surface area is 91.3 Å². The molecule has 0 aliphatic rings. The lowest BCUT2D eigenvalue weighted by Crippen LogP contribution is -2.43. The van der Waals surface area contributed by atoms with Crippen LogP contribution in [0.5, 0.6) is 0 Å². The van der Waals surface area contributed by atoms with Crippen molar-refractivity contribution in [2.24, 2.45) is 0 Å². The van der Waals surface area contributed by atoms with E-state index in [1.165, 1.54) is 0 Å². The number of rotatable bonds is 5. The van der Waals surface area contributed by atoms with Gasteiger partial charge in [0.05, 0.1) is 0 Å². The van der Waals surface area contributed by atoms with Gasteiger partial charge in [-0.3, -0.25) is 4.21 Å². The minimum atomic E-state index is -0.778. The molecule has 1 N–H and O–H groups in total. The van der Waals surface area contributed by atoms with Gasteiger partial charge >= 0.3 is 0 Å². The molecule has 0 aromatic carbocycles. The summed E-state index contributed by atoms with van der Waals surface area (Å²) >= 11 is 0. The maximum Gasteiger partial charge on any atom is 0.0475 e. The van der Waals surface area contributed by atoms with Crippen molar-refractivity contribution in [3.05, 3.63) is 0 Å². The number of hydrogen-bond donors (Lipinski definition) is 1. The van der Waals surface area contributed by atoms with Crippen molar-refractivity contribution in [1.82, 2.24) is 5.32 Å². The average molecular weight is 219 g/mol. The molecule has 0 heterocycles. The highest BCUT2D eigenvalue weighted by Gasteiger charge is 2.27. The molecule has 14 heavy (non-hydrogen) atoms. The van der Waals surface area contributed by atoms with Gasteiger partial charge in [-0.25, -0.2) is 0 Å². The van der Waals surface area contributed by atoms with Crippen LogP contribution >= 0.6 is 0 Å². The van der Waals surface area contributed by atoms with Crippen LogP contribution in [-0.2, 0) is 10.8 Å². The highest BCUT2D eigenvalue weighted by Crippen LogP contribution is 2.17. The molecule has 0 spiro atoms. The predicted octanol–water partition coefficient (Wildman–Crippen LogP) is 2.31. The van der Waals surface area contributed by atoms with Crippen molar-refractivity contribution >= 4 is 10.8 Å². The molecule has 0 aromatic rings. The SMILES string of the molecule is CCCNC(C)C(C)S(=O)C(C)(C)C. The van der Waals surface area contributed by atoms with Gasteiger partial charge in [-0.05, 0) is 47.6 Å². The van der Waals surface area contributed by atoms with Crippen LogP contribution in [0, 0.1) is 0 Å². The van der Waals surface area contributed by atoms with Crippen molar-refractivity contribution in [3.63, 3.8) is 0 Å². The summed E-state index contributed by atoms with van der Waals surface area (Å²) in [6, 6.07) is 0.329. The van der Waals surface area contributed by atoms with E-state index in [0.29, 0.717) is 6.04 Å². The molecule has 86 valence electrons. The fourth-order valence-electron chi connectivity index (χ4n) is 1.28. The van der Waals surface area contributed by atoms with Gasteiger partial charge in [-0.1, -0.05) is 6.92 Å². The van der Waals surface area contributed by atoms with E-state index in [0.717, 1.165) is 13.0 Å². The molecule has 0 bridgehead atoms. The molecule has 0 saturated heterocycles. The highest BCUT2D eigenvalue weighted by molar-refractivity contribution is 7.87. The van der Waals surface area contributed by atoms with E-state index in [-0.39, 0.29) is 10.00 Å². The lowest BCUT2D eigenvalue weighted by atomic mass is 10.2. The van der Waals surface area contributed by atoms with Gasteiger partial charge < -0.3 is 5.32 Å². The van der Waals surface area contributed by atoms with Gasteiger partial charge in [0.25, 0.3) is 0 Å². The predicted molar refractivity (Wildman–Crippen MR) is 65.1 cm³/mol. The van der Waals surface area contributed by atoms with Crippen LogP contribution in [0.2, 0.25) is 0 Å². The second-order valence-corrected chi connectivity index (χ2v) is 7.42. The fraction of sp³-hybridized carbons (Fsp3) is 1.00. The Hall–Kier alpha value is 0.110. The van der Waals surface area contributed by atoms with Gasteiger partial charge in [0, 0.05) is 26.8 Å². The lowest BCUT2D eigenvalue weighted by molar-refractivity contribution is 0.524. The molecule has 0 fully saturated rings. The summed E-state index contributed by atoms with van der Waals surface area (Å²) in [5.41, 5.74) is 0. The first-order chi connectivity index (χ1) is 6.30. The third-order valence-corrected chi connectivity index (χ3v) is 4.65. The second kappa shape index (κ2) is 5.86. The van der Waals surface area contributed by atoms with Crippen molar-refractivity contribution in [1.29, 1.82) is 0 Å². The molecule has 0 aliphatic carbocycles. The van der Waals surface area contributed by atoms with Crippen molar-refractivity contribution in [3.8, 4) is 0 Å². The van der Waals surface area contributed by atoms with Crippen molar-refractivity contribution < 1.29 is 4.21 Å². The van der Waals surface area contributed by atoms with Crippen molar-refractivity contribution in [2.75, 3.05) is 6.54 Å². The van der Waals surface area contributed by atoms with Crippen LogP contribution in [0.25, 0.3) is 0 Å². The zero-order valence-electron chi connectivity index (χ0n) is 10.4. The van der Waals surface area contributed by atoms with Crippen molar-refractivity contribution in [2.45, 2.75) is 64.0 Å². The third-order valence-electron chi connectivity index (χ3n) is 2.36. The maximum absolute atomic E-state index is 12.0. The summed E-state index contributed by atoms with van der Waals surface area (Å²) in [6.45, 7) is 13.4. The summed E-state index contributed by atoms with van der Waals surface area (Å²) in [6.07, 6.45) is 1.12. The van der Waals surface area contributed by atoms with Gasteiger partial charge in [0.15, 0.2) is 0 Å². The molecule has 0 amide bonds. The van der Waals surface area contributed by atoms with Crippen LogP contribution in [0.15, 0.2) is 0 Å². The molecular weight excluding hydrogens is 194 g/mol. The van der Waals surface area contributed by atoms with Gasteiger partial charge in [-0.15, -0.1) is 0 Å². The molecule has 0 saturated carbocycles. The normalized spacial score (nSPS) is 19.0. The van der Waals surface area contributed by atoms with Gasteiger partial charge in [0.1, 0.15) is 0 Å². The molecule has 0 aromatic heterocycles. The minimum absolute atomic E-state index is 0.110. The van der Waals surface area contributed by atoms with Crippen LogP contribution in [0.4, 0.5) is 0 Å². The first-order valence-corrected chi connectivity index (χ1v) is 6.66. The van der Waals surface area contributed by atoms with Gasteiger partial charge in [0.2, 0.25) is 0 Å². The molecule has 3 heteroatoms. The summed E-state index contributed by atoms with van der Waals surface area (Å²) in [5, 5.41) is 3.60. The molecule has 0 radical (unpaired) electrons. The standard InChI is InChI=1S/C11H25NOS/c1-7-8-12-9(2)10(3)14(13)11(4,5)6/h9-10,12H,7-8H2,1-6H3. The van der Waals surface area contributed by atoms with E-state index in [1.54, 1.807) is 0 Å². The first-order valence-electron chi connectivity index (χ1n) is 5.44. The minimum Gasteiger partial charge on any atom is -0.313 e. The Balaban J connectivity index is 4.18. The highest BCUT2D eigenvalue weighted by atomic mass is 32.2. The Morgan fingerprint density at radius 3 is 2.14 bits per heavy atom. The smallest absolute Gasteiger partial charge is 0.0475 e. The van der Waals surface area contributed by atoms with E-state index in [2.05, 4.69) is 26.1 Å². The van der Waals surface area contributed by atoms with E-state index in [9.17, 15) is 4.21 Å². The summed E-state index contributed by atoms with van der Waals surface area (Å²) < 4.78 is 11.9. The quantitative estimate of drug-likeness (QED) is 0.769. The molecule has 0 aliphatic heterocycles. The van der Waals surface area contributed by atoms with Crippen LogP contribution in [-0.4, -0.2) is 26.8 Å². The molecular formula is C11H25NOS. The largest absolute Gasteiger partial charge is 0.313 e. The maximum atomic E-state index is 12.0. The summed E-state index contributed by atoms with van der Waals surface area (Å²) in [4.78, 5) is 0. The lowest BCUT2D eigenvalue weighted by Gasteiger charge is -2.27. The molecule has 2 nitrogen and oxygen atoms in total. The van der Waals surface area contributed by atoms with E-state index in [4.69, 9.17) is 0 Å². The Morgan fingerprint density at radius 1 is 1.29 bits per heavy atom. The Bertz CT molecular complexity index is 186. The zero-order chi connectivity index (χ0) is 11.4. The van der Waals surface area contributed by atoms with Crippen LogP contribution in [0.3, 0.4) is 0 Å².